The van der Waals surface area contributed by atoms with Crippen molar-refractivity contribution in [1.82, 2.24) is 4.90 Å². The molecule has 1 aliphatic heterocycles. The van der Waals surface area contributed by atoms with Crippen molar-refractivity contribution in [3.05, 3.63) is 0 Å². The Morgan fingerprint density at radius 3 is 2.53 bits per heavy atom. The van der Waals surface area contributed by atoms with E-state index in [0.29, 0.717) is 0 Å². The summed E-state index contributed by atoms with van der Waals surface area (Å²) in [6.07, 6.45) is -5.12. The molecule has 2 atom stereocenters. The monoisotopic (exact) mass is 255 g/mol. The minimum absolute atomic E-state index is 0.121. The summed E-state index contributed by atoms with van der Waals surface area (Å²) in [4.78, 5) is 12.4. The summed E-state index contributed by atoms with van der Waals surface area (Å²) < 4.78 is 43.4. The highest BCUT2D eigenvalue weighted by Gasteiger charge is 2.63. The third-order valence-corrected chi connectivity index (χ3v) is 3.28. The molecule has 1 N–H and O–H groups in total. The van der Waals surface area contributed by atoms with Crippen molar-refractivity contribution in [2.24, 2.45) is 5.41 Å². The van der Waals surface area contributed by atoms with Crippen molar-refractivity contribution in [1.29, 1.82) is 0 Å². The smallest absolute Gasteiger partial charge is 0.406 e. The Labute approximate surface area is 97.3 Å². The fourth-order valence-corrected chi connectivity index (χ4v) is 2.09. The number of alkyl halides is 3. The van der Waals surface area contributed by atoms with Crippen molar-refractivity contribution >= 4 is 5.97 Å². The van der Waals surface area contributed by atoms with Crippen molar-refractivity contribution in [3.8, 4) is 0 Å². The summed E-state index contributed by atoms with van der Waals surface area (Å²) in [5.41, 5.74) is -2.63. The first-order valence-corrected chi connectivity index (χ1v) is 5.27. The third-order valence-electron chi connectivity index (χ3n) is 3.28. The minimum atomic E-state index is -4.72. The molecular formula is C10H16F3NO3. The lowest BCUT2D eigenvalue weighted by Gasteiger charge is -2.29. The number of likely N-dealkylation sites (tertiary alicyclic amines) is 1. The van der Waals surface area contributed by atoms with Crippen LogP contribution in [0.25, 0.3) is 0 Å². The van der Waals surface area contributed by atoms with Crippen LogP contribution >= 0.6 is 0 Å². The summed E-state index contributed by atoms with van der Waals surface area (Å²) in [6.45, 7) is 1.62. The number of nitrogens with zero attached hydrogens (tertiary/aromatic N) is 1. The van der Waals surface area contributed by atoms with E-state index in [1.807, 2.05) is 0 Å². The van der Waals surface area contributed by atoms with Gasteiger partial charge in [-0.2, -0.15) is 13.2 Å². The van der Waals surface area contributed by atoms with Crippen LogP contribution in [-0.2, 0) is 9.53 Å². The van der Waals surface area contributed by atoms with Crippen molar-refractivity contribution in [3.63, 3.8) is 0 Å². The average Bonchev–Trinajstić information content (AvgIpc) is 2.62. The largest absolute Gasteiger partial charge is 0.481 e. The molecule has 1 aliphatic rings. The number of carboxylic acid groups (broad SMARTS) is 1. The second kappa shape index (κ2) is 4.81. The Bertz CT molecular complexity index is 295. The number of halogens is 3. The molecule has 0 saturated carbocycles. The molecule has 1 saturated heterocycles. The first-order valence-electron chi connectivity index (χ1n) is 5.27. The zero-order valence-electron chi connectivity index (χ0n) is 9.75. The van der Waals surface area contributed by atoms with Crippen LogP contribution in [0.3, 0.4) is 0 Å². The van der Waals surface area contributed by atoms with Crippen LogP contribution in [0.2, 0.25) is 0 Å². The molecule has 0 amide bonds. The van der Waals surface area contributed by atoms with Gasteiger partial charge in [0.05, 0.1) is 6.61 Å². The van der Waals surface area contributed by atoms with E-state index in [1.165, 1.54) is 12.0 Å². The van der Waals surface area contributed by atoms with Gasteiger partial charge in [0, 0.05) is 26.2 Å². The van der Waals surface area contributed by atoms with Gasteiger partial charge in [0.1, 0.15) is 0 Å². The molecule has 0 aliphatic carbocycles. The Balaban J connectivity index is 2.83. The Morgan fingerprint density at radius 1 is 1.59 bits per heavy atom. The van der Waals surface area contributed by atoms with Gasteiger partial charge in [0.15, 0.2) is 5.41 Å². The van der Waals surface area contributed by atoms with E-state index < -0.39 is 30.5 Å². The van der Waals surface area contributed by atoms with Crippen LogP contribution in [-0.4, -0.2) is 55.0 Å². The van der Waals surface area contributed by atoms with Crippen LogP contribution in [0, 0.1) is 5.41 Å². The Morgan fingerprint density at radius 2 is 2.18 bits per heavy atom. The molecule has 1 fully saturated rings. The molecule has 4 nitrogen and oxygen atoms in total. The molecule has 0 aromatic heterocycles. The second-order valence-electron chi connectivity index (χ2n) is 4.41. The standard InChI is InChI=1S/C10H16F3NO3/c1-7(5-17-2)14-4-3-9(6-14,8(15)16)10(11,12)13/h7H,3-6H2,1-2H3,(H,15,16). The normalized spacial score (nSPS) is 28.3. The van der Waals surface area contributed by atoms with Gasteiger partial charge in [0.2, 0.25) is 0 Å². The second-order valence-corrected chi connectivity index (χ2v) is 4.41. The number of rotatable bonds is 4. The van der Waals surface area contributed by atoms with Crippen molar-refractivity contribution in [2.75, 3.05) is 26.8 Å². The quantitative estimate of drug-likeness (QED) is 0.824. The summed E-state index contributed by atoms with van der Waals surface area (Å²) in [5.74, 6) is -1.79. The first-order chi connectivity index (χ1) is 7.74. The maximum atomic E-state index is 12.9. The average molecular weight is 255 g/mol. The van der Waals surface area contributed by atoms with Gasteiger partial charge >= 0.3 is 12.1 Å². The fraction of sp³-hybridized carbons (Fsp3) is 0.900. The zero-order chi connectivity index (χ0) is 13.3. The van der Waals surface area contributed by atoms with Gasteiger partial charge in [-0.05, 0) is 13.3 Å². The number of aliphatic carboxylic acids is 1. The highest BCUT2D eigenvalue weighted by atomic mass is 19.4. The van der Waals surface area contributed by atoms with Crippen LogP contribution in [0.15, 0.2) is 0 Å². The number of methoxy groups -OCH3 is 1. The highest BCUT2D eigenvalue weighted by Crippen LogP contribution is 2.46. The number of ether oxygens (including phenoxy) is 1. The van der Waals surface area contributed by atoms with E-state index in [2.05, 4.69) is 0 Å². The lowest BCUT2D eigenvalue weighted by molar-refractivity contribution is -0.228. The lowest BCUT2D eigenvalue weighted by atomic mass is 9.86. The summed E-state index contributed by atoms with van der Waals surface area (Å²) in [5, 5.41) is 8.85. The molecule has 0 aromatic rings. The number of carboxylic acids is 1. The van der Waals surface area contributed by atoms with Gasteiger partial charge in [-0.25, -0.2) is 0 Å². The third kappa shape index (κ3) is 2.55. The molecule has 17 heavy (non-hydrogen) atoms. The highest BCUT2D eigenvalue weighted by molar-refractivity contribution is 5.76. The summed E-state index contributed by atoms with van der Waals surface area (Å²) >= 11 is 0. The summed E-state index contributed by atoms with van der Waals surface area (Å²) in [6, 6.07) is -0.219. The van der Waals surface area contributed by atoms with E-state index in [-0.39, 0.29) is 19.2 Å². The molecule has 0 bridgehead atoms. The van der Waals surface area contributed by atoms with E-state index in [9.17, 15) is 18.0 Å². The zero-order valence-corrected chi connectivity index (χ0v) is 9.75. The maximum Gasteiger partial charge on any atom is 0.406 e. The Kier molecular flexibility index (Phi) is 4.03. The van der Waals surface area contributed by atoms with Gasteiger partial charge < -0.3 is 9.84 Å². The summed E-state index contributed by atoms with van der Waals surface area (Å²) in [7, 11) is 1.46. The molecule has 2 unspecified atom stereocenters. The van der Waals surface area contributed by atoms with E-state index in [1.54, 1.807) is 6.92 Å². The van der Waals surface area contributed by atoms with Crippen LogP contribution in [0.4, 0.5) is 13.2 Å². The first kappa shape index (κ1) is 14.2. The minimum Gasteiger partial charge on any atom is -0.481 e. The number of hydrogen-bond donors (Lipinski definition) is 1. The van der Waals surface area contributed by atoms with E-state index >= 15 is 0 Å². The molecule has 7 heteroatoms. The topological polar surface area (TPSA) is 49.8 Å². The van der Waals surface area contributed by atoms with Gasteiger partial charge in [-0.3, -0.25) is 9.69 Å². The van der Waals surface area contributed by atoms with Gasteiger partial charge in [-0.15, -0.1) is 0 Å². The lowest BCUT2D eigenvalue weighted by Crippen LogP contribution is -2.48. The predicted octanol–water partition coefficient (Wildman–Crippen LogP) is 1.36. The van der Waals surface area contributed by atoms with Crippen LogP contribution in [0.5, 0.6) is 0 Å². The predicted molar refractivity (Wildman–Crippen MR) is 53.7 cm³/mol. The molecule has 1 heterocycles. The molecule has 0 spiro atoms. The van der Waals surface area contributed by atoms with E-state index in [4.69, 9.17) is 9.84 Å². The van der Waals surface area contributed by atoms with Crippen molar-refractivity contribution < 1.29 is 27.8 Å². The number of hydrogen-bond acceptors (Lipinski definition) is 3. The van der Waals surface area contributed by atoms with Crippen LogP contribution < -0.4 is 0 Å². The van der Waals surface area contributed by atoms with Crippen LogP contribution in [0.1, 0.15) is 13.3 Å². The molecular weight excluding hydrogens is 239 g/mol. The fourth-order valence-electron chi connectivity index (χ4n) is 2.09. The molecule has 1 rings (SSSR count). The molecule has 100 valence electrons. The number of carbonyl (C=O) groups is 1. The molecule has 0 aromatic carbocycles. The van der Waals surface area contributed by atoms with Crippen molar-refractivity contribution in [2.45, 2.75) is 25.6 Å². The maximum absolute atomic E-state index is 12.9. The molecule has 0 radical (unpaired) electrons. The van der Waals surface area contributed by atoms with Gasteiger partial charge in [-0.1, -0.05) is 0 Å². The van der Waals surface area contributed by atoms with Gasteiger partial charge in [0.25, 0.3) is 0 Å². The SMILES string of the molecule is COCC(C)N1CCC(C(=O)O)(C(F)(F)F)C1. The Hall–Kier alpha value is -0.820. The van der Waals surface area contributed by atoms with E-state index in [0.717, 1.165) is 0 Å².